The van der Waals surface area contributed by atoms with Crippen LogP contribution in [0.25, 0.3) is 0 Å². The van der Waals surface area contributed by atoms with Gasteiger partial charge in [0.05, 0.1) is 5.71 Å². The van der Waals surface area contributed by atoms with Gasteiger partial charge in [-0.3, -0.25) is 9.98 Å². The molecule has 0 saturated heterocycles. The van der Waals surface area contributed by atoms with Crippen molar-refractivity contribution in [1.29, 1.82) is 0 Å². The summed E-state index contributed by atoms with van der Waals surface area (Å²) in [4.78, 5) is 9.19. The Hall–Kier alpha value is -1.74. The highest BCUT2D eigenvalue weighted by molar-refractivity contribution is 6.26. The maximum atomic E-state index is 4.67. The lowest BCUT2D eigenvalue weighted by atomic mass is 9.85. The van der Waals surface area contributed by atoms with Crippen molar-refractivity contribution in [2.24, 2.45) is 15.9 Å². The van der Waals surface area contributed by atoms with E-state index in [9.17, 15) is 0 Å². The highest BCUT2D eigenvalue weighted by Gasteiger charge is 2.32. The summed E-state index contributed by atoms with van der Waals surface area (Å²) < 4.78 is 0. The van der Waals surface area contributed by atoms with Gasteiger partial charge in [-0.05, 0) is 70.6 Å². The lowest BCUT2D eigenvalue weighted by Gasteiger charge is -2.23. The van der Waals surface area contributed by atoms with Crippen molar-refractivity contribution in [1.82, 2.24) is 5.32 Å². The van der Waals surface area contributed by atoms with E-state index in [2.05, 4.69) is 55.3 Å². The average molecular weight is 340 g/mol. The molecule has 3 nitrogen and oxygen atoms in total. The second-order valence-corrected chi connectivity index (χ2v) is 7.23. The second-order valence-electron chi connectivity index (χ2n) is 7.23. The van der Waals surface area contributed by atoms with Crippen LogP contribution in [0.2, 0.25) is 0 Å². The minimum absolute atomic E-state index is 0.510. The molecular formula is C22H33N3. The van der Waals surface area contributed by atoms with Crippen molar-refractivity contribution < 1.29 is 0 Å². The van der Waals surface area contributed by atoms with Crippen LogP contribution in [0.1, 0.15) is 52.9 Å². The van der Waals surface area contributed by atoms with Gasteiger partial charge in [-0.1, -0.05) is 24.8 Å². The molecule has 0 aromatic heterocycles. The number of hydrogen-bond donors (Lipinski definition) is 1. The van der Waals surface area contributed by atoms with E-state index in [-0.39, 0.29) is 0 Å². The fraction of sp³-hybridized carbons (Fsp3) is 0.545. The topological polar surface area (TPSA) is 36.8 Å². The zero-order valence-electron chi connectivity index (χ0n) is 16.4. The first-order valence-corrected chi connectivity index (χ1v) is 9.45. The fourth-order valence-electron chi connectivity index (χ4n) is 3.44. The van der Waals surface area contributed by atoms with E-state index in [4.69, 9.17) is 0 Å². The van der Waals surface area contributed by atoms with Gasteiger partial charge < -0.3 is 5.32 Å². The van der Waals surface area contributed by atoms with Crippen molar-refractivity contribution in [3.8, 4) is 0 Å². The first-order chi connectivity index (χ1) is 12.0. The Morgan fingerprint density at radius 3 is 2.60 bits per heavy atom. The van der Waals surface area contributed by atoms with Crippen LogP contribution in [0.3, 0.4) is 0 Å². The summed E-state index contributed by atoms with van der Waals surface area (Å²) >= 11 is 0. The molecule has 0 bridgehead atoms. The Balaban J connectivity index is 2.63. The number of hydrogen-bond acceptors (Lipinski definition) is 3. The molecule has 1 saturated carbocycles. The van der Waals surface area contributed by atoms with Crippen molar-refractivity contribution >= 4 is 11.4 Å². The Bertz CT molecular complexity index is 642. The number of nitrogens with one attached hydrogen (secondary N) is 1. The zero-order chi connectivity index (χ0) is 18.4. The highest BCUT2D eigenvalue weighted by atomic mass is 14.9. The van der Waals surface area contributed by atoms with Gasteiger partial charge in [-0.25, -0.2) is 0 Å². The summed E-state index contributed by atoms with van der Waals surface area (Å²) in [6, 6.07) is 0.510. The monoisotopic (exact) mass is 339 g/mol. The third-order valence-corrected chi connectivity index (χ3v) is 4.98. The van der Waals surface area contributed by atoms with E-state index >= 15 is 0 Å². The van der Waals surface area contributed by atoms with Crippen LogP contribution < -0.4 is 5.32 Å². The smallest absolute Gasteiger partial charge is 0.0530 e. The van der Waals surface area contributed by atoms with Crippen molar-refractivity contribution in [3.63, 3.8) is 0 Å². The quantitative estimate of drug-likeness (QED) is 0.534. The molecule has 1 N–H and O–H groups in total. The SMILES string of the molecule is C=C\N=C(C(/C(C)=N\C)=C(C(=C)C)\C1=C/C[C@@H](C)NCCC1)\C1CC1. The fourth-order valence-corrected chi connectivity index (χ4v) is 3.44. The van der Waals surface area contributed by atoms with E-state index in [1.54, 1.807) is 6.20 Å². The molecule has 1 fully saturated rings. The van der Waals surface area contributed by atoms with Crippen LogP contribution in [0, 0.1) is 5.92 Å². The first-order valence-electron chi connectivity index (χ1n) is 9.45. The summed E-state index contributed by atoms with van der Waals surface area (Å²) in [5.41, 5.74) is 7.12. The summed E-state index contributed by atoms with van der Waals surface area (Å²) in [6.45, 7) is 15.7. The summed E-state index contributed by atoms with van der Waals surface area (Å²) in [5.74, 6) is 0.536. The maximum Gasteiger partial charge on any atom is 0.0530 e. The molecule has 0 aromatic carbocycles. The zero-order valence-corrected chi connectivity index (χ0v) is 16.4. The molecule has 1 heterocycles. The van der Waals surface area contributed by atoms with E-state index in [1.165, 1.54) is 29.6 Å². The molecule has 3 heteroatoms. The Labute approximate surface area is 153 Å². The molecule has 0 unspecified atom stereocenters. The molecule has 0 amide bonds. The third-order valence-electron chi connectivity index (χ3n) is 4.98. The predicted molar refractivity (Wildman–Crippen MR) is 111 cm³/mol. The Kier molecular flexibility index (Phi) is 7.12. The molecule has 136 valence electrons. The summed E-state index contributed by atoms with van der Waals surface area (Å²) in [5, 5.41) is 3.56. The number of rotatable bonds is 6. The van der Waals surface area contributed by atoms with E-state index < -0.39 is 0 Å². The number of allylic oxidation sites excluding steroid dienone is 4. The first kappa shape index (κ1) is 19.6. The highest BCUT2D eigenvalue weighted by Crippen LogP contribution is 2.38. The molecule has 0 aromatic rings. The average Bonchev–Trinajstić information content (AvgIpc) is 3.39. The van der Waals surface area contributed by atoms with E-state index in [1.807, 2.05) is 7.05 Å². The largest absolute Gasteiger partial charge is 0.314 e. The van der Waals surface area contributed by atoms with E-state index in [0.29, 0.717) is 12.0 Å². The van der Waals surface area contributed by atoms with Gasteiger partial charge in [-0.15, -0.1) is 0 Å². The van der Waals surface area contributed by atoms with Gasteiger partial charge in [0, 0.05) is 36.5 Å². The van der Waals surface area contributed by atoms with Crippen LogP contribution in [0.15, 0.2) is 57.7 Å². The van der Waals surface area contributed by atoms with Gasteiger partial charge in [0.2, 0.25) is 0 Å². The second kappa shape index (κ2) is 9.10. The molecule has 2 aliphatic rings. The minimum Gasteiger partial charge on any atom is -0.314 e. The molecule has 1 atom stereocenters. The maximum absolute atomic E-state index is 4.67. The molecule has 25 heavy (non-hydrogen) atoms. The van der Waals surface area contributed by atoms with Crippen molar-refractivity contribution in [3.05, 3.63) is 47.7 Å². The minimum atomic E-state index is 0.510. The Morgan fingerprint density at radius 1 is 1.32 bits per heavy atom. The molecule has 2 rings (SSSR count). The van der Waals surface area contributed by atoms with Crippen molar-refractivity contribution in [2.45, 2.75) is 58.9 Å². The predicted octanol–water partition coefficient (Wildman–Crippen LogP) is 5.03. The van der Waals surface area contributed by atoms with Crippen LogP contribution in [-0.4, -0.2) is 31.1 Å². The summed E-state index contributed by atoms with van der Waals surface area (Å²) in [7, 11) is 1.86. The normalized spacial score (nSPS) is 26.1. The van der Waals surface area contributed by atoms with Crippen molar-refractivity contribution in [2.75, 3.05) is 13.6 Å². The number of nitrogens with zero attached hydrogens (tertiary/aromatic N) is 2. The van der Waals surface area contributed by atoms with Crippen LogP contribution >= 0.6 is 0 Å². The van der Waals surface area contributed by atoms with Crippen LogP contribution in [0.5, 0.6) is 0 Å². The van der Waals surface area contributed by atoms with Gasteiger partial charge in [0.1, 0.15) is 0 Å². The van der Waals surface area contributed by atoms with Crippen LogP contribution in [0.4, 0.5) is 0 Å². The molecule has 1 aliphatic heterocycles. The molecular weight excluding hydrogens is 306 g/mol. The molecule has 0 radical (unpaired) electrons. The van der Waals surface area contributed by atoms with Gasteiger partial charge >= 0.3 is 0 Å². The lowest BCUT2D eigenvalue weighted by molar-refractivity contribution is 0.528. The third kappa shape index (κ3) is 5.12. The van der Waals surface area contributed by atoms with Gasteiger partial charge in [0.25, 0.3) is 0 Å². The summed E-state index contributed by atoms with van der Waals surface area (Å²) in [6.07, 6.45) is 9.72. The van der Waals surface area contributed by atoms with Gasteiger partial charge in [0.15, 0.2) is 0 Å². The molecule has 0 spiro atoms. The van der Waals surface area contributed by atoms with Gasteiger partial charge in [-0.2, -0.15) is 0 Å². The lowest BCUT2D eigenvalue weighted by Crippen LogP contribution is -2.28. The number of aliphatic imine (C=N–C) groups is 2. The van der Waals surface area contributed by atoms with Crippen LogP contribution in [-0.2, 0) is 0 Å². The standard InChI is InChI=1S/C22H33N3/c1-7-24-22(19-12-13-19)21(17(5)23-6)20(15(2)3)18-9-8-14-25-16(4)10-11-18/h7,11,16,19,25H,1-2,8-10,12-14H2,3-6H3/b18-11-,21-20-,23-17-,24-22-/t16-/m1/s1. The van der Waals surface area contributed by atoms with E-state index in [0.717, 1.165) is 42.8 Å². The molecule has 1 aliphatic carbocycles. The Morgan fingerprint density at radius 2 is 2.04 bits per heavy atom.